The van der Waals surface area contributed by atoms with Crippen LogP contribution in [0.15, 0.2) is 0 Å². The molecule has 2 fully saturated rings. The van der Waals surface area contributed by atoms with Crippen LogP contribution in [0.2, 0.25) is 0 Å². The molecule has 2 heterocycles. The van der Waals surface area contributed by atoms with Crippen LogP contribution in [0.1, 0.15) is 59.3 Å². The number of carbonyl (C=O) groups excluding carboxylic acids is 3. The molecule has 26 heavy (non-hydrogen) atoms. The van der Waals surface area contributed by atoms with E-state index in [0.717, 1.165) is 12.8 Å². The maximum Gasteiger partial charge on any atom is 0.312 e. The van der Waals surface area contributed by atoms with Gasteiger partial charge in [-0.2, -0.15) is 0 Å². The minimum atomic E-state index is -0.930. The Morgan fingerprint density at radius 3 is 2.69 bits per heavy atom. The quantitative estimate of drug-likeness (QED) is 0.650. The van der Waals surface area contributed by atoms with Crippen LogP contribution in [-0.2, 0) is 28.6 Å². The van der Waals surface area contributed by atoms with Gasteiger partial charge in [0.15, 0.2) is 0 Å². The lowest BCUT2D eigenvalue weighted by atomic mass is 9.79. The molecule has 0 unspecified atom stereocenters. The number of aliphatic hydroxyl groups is 1. The number of fused-ring (bicyclic) bond motifs is 1. The minimum Gasteiger partial charge on any atom is -0.469 e. The highest BCUT2D eigenvalue weighted by molar-refractivity contribution is 5.76. The Balaban J connectivity index is 2.05. The van der Waals surface area contributed by atoms with Crippen LogP contribution in [0.25, 0.3) is 0 Å². The second-order valence-corrected chi connectivity index (χ2v) is 7.80. The first kappa shape index (κ1) is 20.8. The smallest absolute Gasteiger partial charge is 0.312 e. The lowest BCUT2D eigenvalue weighted by molar-refractivity contribution is -0.209. The Morgan fingerprint density at radius 1 is 1.38 bits per heavy atom. The first-order valence-electron chi connectivity index (χ1n) is 9.30. The lowest BCUT2D eigenvalue weighted by Gasteiger charge is -2.44. The van der Waals surface area contributed by atoms with Gasteiger partial charge >= 0.3 is 11.9 Å². The first-order valence-corrected chi connectivity index (χ1v) is 9.30. The standard InChI is InChI=1S/C19H30O7/c1-11(6-5-7-12(2)20)16-17-13(18(23)25-16)10-14(21)19(3,26-17)9-8-15(22)24-4/h11,13-14,16-17,21H,5-10H2,1-4H3/t11-,13+,14+,16-,17+,19-/m0/s1. The van der Waals surface area contributed by atoms with Crippen molar-refractivity contribution in [3.05, 3.63) is 0 Å². The summed E-state index contributed by atoms with van der Waals surface area (Å²) in [6.45, 7) is 5.31. The Morgan fingerprint density at radius 2 is 2.08 bits per heavy atom. The molecule has 0 amide bonds. The van der Waals surface area contributed by atoms with Crippen molar-refractivity contribution in [3.8, 4) is 0 Å². The van der Waals surface area contributed by atoms with Crippen LogP contribution in [0.5, 0.6) is 0 Å². The normalized spacial score (nSPS) is 34.7. The maximum absolute atomic E-state index is 12.2. The summed E-state index contributed by atoms with van der Waals surface area (Å²) in [5.74, 6) is -1.000. The van der Waals surface area contributed by atoms with Gasteiger partial charge in [0.1, 0.15) is 18.0 Å². The number of ketones is 1. The molecular weight excluding hydrogens is 340 g/mol. The van der Waals surface area contributed by atoms with Gasteiger partial charge in [0.2, 0.25) is 0 Å². The molecule has 0 radical (unpaired) electrons. The summed E-state index contributed by atoms with van der Waals surface area (Å²) in [6.07, 6.45) is 1.01. The molecule has 2 aliphatic heterocycles. The highest BCUT2D eigenvalue weighted by atomic mass is 16.6. The van der Waals surface area contributed by atoms with Crippen molar-refractivity contribution < 1.29 is 33.7 Å². The van der Waals surface area contributed by atoms with Crippen molar-refractivity contribution in [2.24, 2.45) is 11.8 Å². The molecule has 7 nitrogen and oxygen atoms in total. The monoisotopic (exact) mass is 370 g/mol. The van der Waals surface area contributed by atoms with E-state index in [1.54, 1.807) is 13.8 Å². The molecule has 0 saturated carbocycles. The zero-order valence-corrected chi connectivity index (χ0v) is 16.0. The molecular formula is C19H30O7. The topological polar surface area (TPSA) is 99.1 Å². The fourth-order valence-electron chi connectivity index (χ4n) is 3.87. The predicted molar refractivity (Wildman–Crippen MR) is 92.2 cm³/mol. The molecule has 0 aromatic rings. The minimum absolute atomic E-state index is 0.0494. The van der Waals surface area contributed by atoms with Gasteiger partial charge in [-0.3, -0.25) is 9.59 Å². The summed E-state index contributed by atoms with van der Waals surface area (Å²) in [5, 5.41) is 10.5. The third-order valence-corrected chi connectivity index (χ3v) is 5.67. The summed E-state index contributed by atoms with van der Waals surface area (Å²) in [4.78, 5) is 34.8. The van der Waals surface area contributed by atoms with Crippen LogP contribution < -0.4 is 0 Å². The van der Waals surface area contributed by atoms with Crippen LogP contribution in [0.4, 0.5) is 0 Å². The molecule has 148 valence electrons. The number of aliphatic hydroxyl groups excluding tert-OH is 1. The molecule has 2 saturated heterocycles. The van der Waals surface area contributed by atoms with Crippen LogP contribution in [-0.4, -0.2) is 53.9 Å². The zero-order chi connectivity index (χ0) is 19.5. The fraction of sp³-hybridized carbons (Fsp3) is 0.842. The highest BCUT2D eigenvalue weighted by Crippen LogP contribution is 2.43. The van der Waals surface area contributed by atoms with E-state index in [2.05, 4.69) is 4.74 Å². The molecule has 2 rings (SSSR count). The van der Waals surface area contributed by atoms with Gasteiger partial charge in [0.25, 0.3) is 0 Å². The SMILES string of the molecule is COC(=O)CC[C@]1(C)O[C@H]2[C@H]([C@@H](C)CCCC(C)=O)OC(=O)[C@@H]2C[C@H]1O. The first-order chi connectivity index (χ1) is 12.2. The number of methoxy groups -OCH3 is 1. The summed E-state index contributed by atoms with van der Waals surface area (Å²) < 4.78 is 16.4. The van der Waals surface area contributed by atoms with E-state index in [4.69, 9.17) is 9.47 Å². The van der Waals surface area contributed by atoms with Crippen molar-refractivity contribution in [2.45, 2.75) is 83.2 Å². The van der Waals surface area contributed by atoms with Gasteiger partial charge in [-0.1, -0.05) is 6.92 Å². The summed E-state index contributed by atoms with van der Waals surface area (Å²) >= 11 is 0. The molecule has 0 aromatic heterocycles. The van der Waals surface area contributed by atoms with E-state index in [0.29, 0.717) is 12.8 Å². The van der Waals surface area contributed by atoms with Crippen molar-refractivity contribution in [1.29, 1.82) is 0 Å². The van der Waals surface area contributed by atoms with Crippen molar-refractivity contribution in [3.63, 3.8) is 0 Å². The van der Waals surface area contributed by atoms with Crippen molar-refractivity contribution in [1.82, 2.24) is 0 Å². The third kappa shape index (κ3) is 4.62. The van der Waals surface area contributed by atoms with Crippen molar-refractivity contribution >= 4 is 17.7 Å². The second-order valence-electron chi connectivity index (χ2n) is 7.80. The molecule has 2 aliphatic rings. The Bertz CT molecular complexity index is 546. The molecule has 7 heteroatoms. The van der Waals surface area contributed by atoms with E-state index in [1.807, 2.05) is 6.92 Å². The van der Waals surface area contributed by atoms with Gasteiger partial charge in [-0.05, 0) is 45.4 Å². The predicted octanol–water partition coefficient (Wildman–Crippen LogP) is 1.79. The van der Waals surface area contributed by atoms with Crippen molar-refractivity contribution in [2.75, 3.05) is 7.11 Å². The summed E-state index contributed by atoms with van der Waals surface area (Å²) in [5.41, 5.74) is -0.930. The lowest BCUT2D eigenvalue weighted by Crippen LogP contribution is -2.55. The number of carbonyl (C=O) groups is 3. The van der Waals surface area contributed by atoms with E-state index in [1.165, 1.54) is 7.11 Å². The Hall–Kier alpha value is -1.47. The van der Waals surface area contributed by atoms with Gasteiger partial charge in [-0.25, -0.2) is 0 Å². The van der Waals surface area contributed by atoms with E-state index in [-0.39, 0.29) is 36.5 Å². The molecule has 0 aliphatic carbocycles. The number of hydrogen-bond donors (Lipinski definition) is 1. The number of rotatable bonds is 8. The number of cyclic esters (lactones) is 1. The van der Waals surface area contributed by atoms with Crippen LogP contribution >= 0.6 is 0 Å². The number of esters is 2. The average molecular weight is 370 g/mol. The molecule has 0 aromatic carbocycles. The molecule has 1 N–H and O–H groups in total. The Kier molecular flexibility index (Phi) is 6.80. The fourth-order valence-corrected chi connectivity index (χ4v) is 3.87. The zero-order valence-electron chi connectivity index (χ0n) is 16.0. The van der Waals surface area contributed by atoms with Gasteiger partial charge in [0, 0.05) is 12.8 Å². The van der Waals surface area contributed by atoms with E-state index >= 15 is 0 Å². The highest BCUT2D eigenvalue weighted by Gasteiger charge is 2.56. The summed E-state index contributed by atoms with van der Waals surface area (Å²) in [6, 6.07) is 0. The van der Waals surface area contributed by atoms with Gasteiger partial charge in [-0.15, -0.1) is 0 Å². The second kappa shape index (κ2) is 8.48. The number of ether oxygens (including phenoxy) is 3. The van der Waals surface area contributed by atoms with Gasteiger partial charge < -0.3 is 24.1 Å². The Labute approximate surface area is 154 Å². The van der Waals surface area contributed by atoms with E-state index in [9.17, 15) is 19.5 Å². The van der Waals surface area contributed by atoms with E-state index < -0.39 is 29.8 Å². The van der Waals surface area contributed by atoms with Crippen LogP contribution in [0.3, 0.4) is 0 Å². The number of Topliss-reactive ketones (excluding diaryl/α,β-unsaturated/α-hetero) is 1. The van der Waals surface area contributed by atoms with Crippen LogP contribution in [0, 0.1) is 11.8 Å². The largest absolute Gasteiger partial charge is 0.469 e. The van der Waals surface area contributed by atoms with Gasteiger partial charge in [0.05, 0.1) is 24.7 Å². The third-order valence-electron chi connectivity index (χ3n) is 5.67. The summed E-state index contributed by atoms with van der Waals surface area (Å²) in [7, 11) is 1.32. The number of hydrogen-bond acceptors (Lipinski definition) is 7. The average Bonchev–Trinajstić information content (AvgIpc) is 2.88. The molecule has 0 bridgehead atoms. The molecule has 6 atom stereocenters. The maximum atomic E-state index is 12.2. The molecule has 0 spiro atoms.